The average molecular weight is 526 g/mol. The van der Waals surface area contributed by atoms with Gasteiger partial charge in [-0.1, -0.05) is 79.7 Å². The third-order valence-corrected chi connectivity index (χ3v) is 7.12. The van der Waals surface area contributed by atoms with E-state index in [1.54, 1.807) is 29.2 Å². The molecule has 0 saturated carbocycles. The number of hydrogen-bond acceptors (Lipinski definition) is 4. The van der Waals surface area contributed by atoms with Crippen molar-refractivity contribution in [3.63, 3.8) is 0 Å². The van der Waals surface area contributed by atoms with E-state index in [9.17, 15) is 19.2 Å². The van der Waals surface area contributed by atoms with Crippen molar-refractivity contribution in [1.29, 1.82) is 0 Å². The van der Waals surface area contributed by atoms with Crippen molar-refractivity contribution in [3.8, 4) is 0 Å². The Morgan fingerprint density at radius 2 is 1.36 bits per heavy atom. The second-order valence-corrected chi connectivity index (χ2v) is 9.94. The molecule has 39 heavy (non-hydrogen) atoms. The van der Waals surface area contributed by atoms with E-state index >= 15 is 0 Å². The zero-order chi connectivity index (χ0) is 27.8. The lowest BCUT2D eigenvalue weighted by Gasteiger charge is -2.32. The van der Waals surface area contributed by atoms with Gasteiger partial charge in [0, 0.05) is 32.0 Å². The van der Waals surface area contributed by atoms with E-state index < -0.39 is 6.04 Å². The summed E-state index contributed by atoms with van der Waals surface area (Å²) >= 11 is 0. The highest BCUT2D eigenvalue weighted by molar-refractivity contribution is 6.21. The molecule has 0 saturated heterocycles. The average Bonchev–Trinajstić information content (AvgIpc) is 3.20. The van der Waals surface area contributed by atoms with Gasteiger partial charge < -0.3 is 10.2 Å². The lowest BCUT2D eigenvalue weighted by atomic mass is 10.0. The van der Waals surface area contributed by atoms with Crippen molar-refractivity contribution in [2.75, 3.05) is 6.54 Å². The molecule has 1 aliphatic rings. The number of rotatable bonds is 12. The van der Waals surface area contributed by atoms with Gasteiger partial charge in [0.1, 0.15) is 6.04 Å². The lowest BCUT2D eigenvalue weighted by Crippen LogP contribution is -2.52. The molecular weight excluding hydrogens is 490 g/mol. The van der Waals surface area contributed by atoms with Crippen LogP contribution in [0, 0.1) is 0 Å². The number of carbonyl (C=O) groups is 4. The minimum atomic E-state index is -0.714. The Labute approximate surface area is 229 Å². The fourth-order valence-corrected chi connectivity index (χ4v) is 4.75. The molecule has 0 radical (unpaired) electrons. The smallest absolute Gasteiger partial charge is 0.261 e. The maximum absolute atomic E-state index is 13.8. The Kier molecular flexibility index (Phi) is 9.26. The monoisotopic (exact) mass is 525 g/mol. The molecule has 1 N–H and O–H groups in total. The van der Waals surface area contributed by atoms with E-state index in [4.69, 9.17) is 0 Å². The molecule has 202 valence electrons. The first kappa shape index (κ1) is 27.8. The highest BCUT2D eigenvalue weighted by Crippen LogP contribution is 2.23. The summed E-state index contributed by atoms with van der Waals surface area (Å²) in [7, 11) is 0. The number of benzene rings is 3. The van der Waals surface area contributed by atoms with E-state index in [-0.39, 0.29) is 49.2 Å². The third kappa shape index (κ3) is 6.79. The van der Waals surface area contributed by atoms with Crippen LogP contribution in [0.1, 0.15) is 65.0 Å². The Bertz CT molecular complexity index is 1270. The molecule has 4 rings (SSSR count). The highest BCUT2D eigenvalue weighted by atomic mass is 16.2. The quantitative estimate of drug-likeness (QED) is 0.350. The number of nitrogens with one attached hydrogen (secondary N) is 1. The second kappa shape index (κ2) is 13.0. The van der Waals surface area contributed by atoms with Gasteiger partial charge in [-0.2, -0.15) is 0 Å². The van der Waals surface area contributed by atoms with Crippen LogP contribution in [0.15, 0.2) is 84.9 Å². The molecule has 7 nitrogen and oxygen atoms in total. The number of imide groups is 1. The van der Waals surface area contributed by atoms with Crippen LogP contribution in [0.25, 0.3) is 0 Å². The fraction of sp³-hybridized carbons (Fsp3) is 0.312. The van der Waals surface area contributed by atoms with Crippen LogP contribution < -0.4 is 5.32 Å². The van der Waals surface area contributed by atoms with E-state index in [0.717, 1.165) is 17.5 Å². The summed E-state index contributed by atoms with van der Waals surface area (Å²) in [5.41, 5.74) is 2.66. The maximum atomic E-state index is 13.8. The van der Waals surface area contributed by atoms with E-state index in [1.807, 2.05) is 74.5 Å². The molecule has 4 amide bonds. The molecule has 0 aromatic heterocycles. The maximum Gasteiger partial charge on any atom is 0.261 e. The van der Waals surface area contributed by atoms with E-state index in [1.165, 1.54) is 4.90 Å². The van der Waals surface area contributed by atoms with Gasteiger partial charge in [-0.05, 0) is 43.0 Å². The van der Waals surface area contributed by atoms with Crippen molar-refractivity contribution in [1.82, 2.24) is 15.1 Å². The molecule has 0 unspecified atom stereocenters. The van der Waals surface area contributed by atoms with Gasteiger partial charge in [0.25, 0.3) is 11.8 Å². The molecule has 0 aliphatic carbocycles. The summed E-state index contributed by atoms with van der Waals surface area (Å²) in [5.74, 6) is -1.06. The minimum Gasteiger partial charge on any atom is -0.352 e. The van der Waals surface area contributed by atoms with Crippen LogP contribution in [0.2, 0.25) is 0 Å². The fourth-order valence-electron chi connectivity index (χ4n) is 4.75. The summed E-state index contributed by atoms with van der Waals surface area (Å²) in [6.45, 7) is 4.37. The molecule has 3 aromatic rings. The second-order valence-electron chi connectivity index (χ2n) is 9.94. The summed E-state index contributed by atoms with van der Waals surface area (Å²) in [6.07, 6.45) is 1.56. The van der Waals surface area contributed by atoms with Crippen LogP contribution in [0.5, 0.6) is 0 Å². The molecule has 1 heterocycles. The Balaban J connectivity index is 1.53. The number of carbonyl (C=O) groups excluding carboxylic acids is 4. The molecule has 1 aliphatic heterocycles. The zero-order valence-corrected chi connectivity index (χ0v) is 22.5. The van der Waals surface area contributed by atoms with Crippen LogP contribution in [0.4, 0.5) is 0 Å². The largest absolute Gasteiger partial charge is 0.352 e. The van der Waals surface area contributed by atoms with Gasteiger partial charge in [0.15, 0.2) is 0 Å². The van der Waals surface area contributed by atoms with Crippen LogP contribution in [0.3, 0.4) is 0 Å². The first-order valence-electron chi connectivity index (χ1n) is 13.5. The Morgan fingerprint density at radius 1 is 0.821 bits per heavy atom. The van der Waals surface area contributed by atoms with Crippen LogP contribution in [-0.4, -0.2) is 52.1 Å². The van der Waals surface area contributed by atoms with Gasteiger partial charge in [-0.25, -0.2) is 0 Å². The molecule has 3 aromatic carbocycles. The van der Waals surface area contributed by atoms with E-state index in [2.05, 4.69) is 5.32 Å². The van der Waals surface area contributed by atoms with Gasteiger partial charge in [0.2, 0.25) is 11.8 Å². The summed E-state index contributed by atoms with van der Waals surface area (Å²) in [6, 6.07) is 25.3. The molecule has 0 bridgehead atoms. The van der Waals surface area contributed by atoms with Gasteiger partial charge in [-0.3, -0.25) is 24.1 Å². The number of hydrogen-bond donors (Lipinski definition) is 1. The van der Waals surface area contributed by atoms with E-state index in [0.29, 0.717) is 24.0 Å². The van der Waals surface area contributed by atoms with Crippen molar-refractivity contribution in [2.45, 2.75) is 58.2 Å². The van der Waals surface area contributed by atoms with Crippen molar-refractivity contribution in [2.24, 2.45) is 0 Å². The summed E-state index contributed by atoms with van der Waals surface area (Å²) in [4.78, 5) is 55.6. The third-order valence-electron chi connectivity index (χ3n) is 7.12. The minimum absolute atomic E-state index is 0.0294. The number of fused-ring (bicyclic) bond motifs is 1. The summed E-state index contributed by atoms with van der Waals surface area (Å²) in [5, 5.41) is 3.06. The number of nitrogens with zero attached hydrogens (tertiary/aromatic N) is 2. The van der Waals surface area contributed by atoms with Gasteiger partial charge in [0.05, 0.1) is 11.1 Å². The highest BCUT2D eigenvalue weighted by Gasteiger charge is 2.35. The molecule has 0 spiro atoms. The predicted octanol–water partition coefficient (Wildman–Crippen LogP) is 4.62. The van der Waals surface area contributed by atoms with Crippen LogP contribution in [-0.2, 0) is 22.6 Å². The first-order valence-corrected chi connectivity index (χ1v) is 13.5. The molecule has 0 fully saturated rings. The SMILES string of the molecule is CC[C@H](C)NC(=O)[C@@H](Cc1ccccc1)N(Cc1ccccc1)C(=O)CCCN1C(=O)c2ccccc2C1=O. The summed E-state index contributed by atoms with van der Waals surface area (Å²) < 4.78 is 0. The van der Waals surface area contributed by atoms with Gasteiger partial charge >= 0.3 is 0 Å². The number of amides is 4. The van der Waals surface area contributed by atoms with Gasteiger partial charge in [-0.15, -0.1) is 0 Å². The molecule has 2 atom stereocenters. The standard InChI is InChI=1S/C32H35N3O4/c1-3-23(2)33-30(37)28(21-24-13-6-4-7-14-24)35(22-25-15-8-5-9-16-25)29(36)19-12-20-34-31(38)26-17-10-11-18-27(26)32(34)39/h4-11,13-18,23,28H,3,12,19-22H2,1-2H3,(H,33,37)/t23-,28+/m0/s1. The Hall–Kier alpha value is -4.26. The lowest BCUT2D eigenvalue weighted by molar-refractivity contribution is -0.141. The zero-order valence-electron chi connectivity index (χ0n) is 22.5. The van der Waals surface area contributed by atoms with Crippen molar-refractivity contribution >= 4 is 23.6 Å². The molecular formula is C32H35N3O4. The topological polar surface area (TPSA) is 86.8 Å². The predicted molar refractivity (Wildman–Crippen MR) is 150 cm³/mol. The first-order chi connectivity index (χ1) is 18.9. The van der Waals surface area contributed by atoms with Crippen LogP contribution >= 0.6 is 0 Å². The van der Waals surface area contributed by atoms with Crippen molar-refractivity contribution in [3.05, 3.63) is 107 Å². The van der Waals surface area contributed by atoms with Crippen molar-refractivity contribution < 1.29 is 19.2 Å². The molecule has 7 heteroatoms. The Morgan fingerprint density at radius 3 is 1.92 bits per heavy atom. The normalized spacial score (nSPS) is 14.1.